The van der Waals surface area contributed by atoms with Gasteiger partial charge in [0.2, 0.25) is 0 Å². The third-order valence-electron chi connectivity index (χ3n) is 2.09. The Hall–Kier alpha value is -2.02. The number of nitrogens with zero attached hydrogens (tertiary/aromatic N) is 2. The monoisotopic (exact) mass is 204 g/mol. The van der Waals surface area contributed by atoms with E-state index in [2.05, 4.69) is 0 Å². The summed E-state index contributed by atoms with van der Waals surface area (Å²) in [5.41, 5.74) is 1.20. The number of carbonyl (C=O) groups is 1. The highest BCUT2D eigenvalue weighted by molar-refractivity contribution is 5.95. The molecule has 0 heterocycles. The lowest BCUT2D eigenvalue weighted by Crippen LogP contribution is -2.27. The van der Waals surface area contributed by atoms with Crippen molar-refractivity contribution >= 4 is 5.91 Å². The van der Waals surface area contributed by atoms with Crippen LogP contribution >= 0.6 is 0 Å². The van der Waals surface area contributed by atoms with Crippen LogP contribution in [0.5, 0.6) is 5.75 Å². The number of aryl methyl sites for hydroxylation is 1. The van der Waals surface area contributed by atoms with Crippen LogP contribution in [0.15, 0.2) is 18.2 Å². The van der Waals surface area contributed by atoms with Crippen LogP contribution in [0.1, 0.15) is 15.9 Å². The zero-order chi connectivity index (χ0) is 11.4. The van der Waals surface area contributed by atoms with E-state index in [1.165, 1.54) is 17.0 Å². The molecule has 1 rings (SSSR count). The minimum Gasteiger partial charge on any atom is -0.508 e. The molecular formula is C11H12N2O2. The average molecular weight is 204 g/mol. The van der Waals surface area contributed by atoms with Gasteiger partial charge in [0.15, 0.2) is 0 Å². The van der Waals surface area contributed by atoms with Crippen molar-refractivity contribution in [1.82, 2.24) is 4.90 Å². The van der Waals surface area contributed by atoms with E-state index in [1.807, 2.05) is 6.07 Å². The molecule has 0 bridgehead atoms. The first-order valence-electron chi connectivity index (χ1n) is 4.48. The highest BCUT2D eigenvalue weighted by atomic mass is 16.3. The predicted molar refractivity (Wildman–Crippen MR) is 55.4 cm³/mol. The Bertz CT molecular complexity index is 421. The van der Waals surface area contributed by atoms with Crippen molar-refractivity contribution in [3.8, 4) is 11.8 Å². The number of carbonyl (C=O) groups excluding carboxylic acids is 1. The van der Waals surface area contributed by atoms with E-state index in [0.717, 1.165) is 0 Å². The van der Waals surface area contributed by atoms with Crippen molar-refractivity contribution in [3.05, 3.63) is 29.3 Å². The topological polar surface area (TPSA) is 64.3 Å². The second-order valence-electron chi connectivity index (χ2n) is 3.32. The summed E-state index contributed by atoms with van der Waals surface area (Å²) in [7, 11) is 1.57. The number of phenols is 1. The van der Waals surface area contributed by atoms with Gasteiger partial charge in [0.1, 0.15) is 12.3 Å². The lowest BCUT2D eigenvalue weighted by molar-refractivity contribution is 0.0811. The number of rotatable bonds is 2. The van der Waals surface area contributed by atoms with Crippen molar-refractivity contribution in [2.45, 2.75) is 6.92 Å². The van der Waals surface area contributed by atoms with E-state index in [4.69, 9.17) is 5.26 Å². The summed E-state index contributed by atoms with van der Waals surface area (Å²) in [5.74, 6) is -0.0824. The fraction of sp³-hybridized carbons (Fsp3) is 0.273. The van der Waals surface area contributed by atoms with Gasteiger partial charge in [-0.3, -0.25) is 4.79 Å². The molecule has 1 aromatic rings. The highest BCUT2D eigenvalue weighted by Crippen LogP contribution is 2.16. The molecule has 78 valence electrons. The largest absolute Gasteiger partial charge is 0.508 e. The molecule has 0 saturated heterocycles. The SMILES string of the molecule is Cc1cc(O)ccc1C(=O)N(C)CC#N. The summed E-state index contributed by atoms with van der Waals surface area (Å²) in [6.45, 7) is 1.80. The molecule has 1 aromatic carbocycles. The number of nitriles is 1. The minimum absolute atomic E-state index is 0.0547. The molecule has 0 spiro atoms. The molecular weight excluding hydrogens is 192 g/mol. The van der Waals surface area contributed by atoms with Gasteiger partial charge in [-0.05, 0) is 30.7 Å². The fourth-order valence-electron chi connectivity index (χ4n) is 1.27. The number of hydrogen-bond donors (Lipinski definition) is 1. The van der Waals surface area contributed by atoms with E-state index < -0.39 is 0 Å². The number of benzene rings is 1. The maximum atomic E-state index is 11.8. The Morgan fingerprint density at radius 2 is 2.27 bits per heavy atom. The fourth-order valence-corrected chi connectivity index (χ4v) is 1.27. The maximum Gasteiger partial charge on any atom is 0.254 e. The Labute approximate surface area is 88.4 Å². The summed E-state index contributed by atoms with van der Waals surface area (Å²) >= 11 is 0. The third-order valence-corrected chi connectivity index (χ3v) is 2.09. The van der Waals surface area contributed by atoms with Gasteiger partial charge in [0.05, 0.1) is 6.07 Å². The van der Waals surface area contributed by atoms with Gasteiger partial charge in [0, 0.05) is 12.6 Å². The molecule has 0 saturated carbocycles. The van der Waals surface area contributed by atoms with Crippen LogP contribution in [0.3, 0.4) is 0 Å². The average Bonchev–Trinajstić information content (AvgIpc) is 2.17. The molecule has 0 aromatic heterocycles. The summed E-state index contributed by atoms with van der Waals surface area (Å²) in [6, 6.07) is 6.44. The Morgan fingerprint density at radius 3 is 2.80 bits per heavy atom. The molecule has 0 aliphatic heterocycles. The van der Waals surface area contributed by atoms with Crippen LogP contribution in [0, 0.1) is 18.3 Å². The predicted octanol–water partition coefficient (Wildman–Crippen LogP) is 1.30. The van der Waals surface area contributed by atoms with Crippen molar-refractivity contribution in [1.29, 1.82) is 5.26 Å². The zero-order valence-corrected chi connectivity index (χ0v) is 8.69. The smallest absolute Gasteiger partial charge is 0.254 e. The van der Waals surface area contributed by atoms with Crippen molar-refractivity contribution in [2.75, 3.05) is 13.6 Å². The minimum atomic E-state index is -0.214. The molecule has 0 radical (unpaired) electrons. The second-order valence-corrected chi connectivity index (χ2v) is 3.32. The molecule has 0 aliphatic rings. The lowest BCUT2D eigenvalue weighted by Gasteiger charge is -2.14. The van der Waals surface area contributed by atoms with Crippen LogP contribution in [0.4, 0.5) is 0 Å². The molecule has 1 amide bonds. The van der Waals surface area contributed by atoms with E-state index >= 15 is 0 Å². The molecule has 4 nitrogen and oxygen atoms in total. The molecule has 15 heavy (non-hydrogen) atoms. The van der Waals surface area contributed by atoms with Gasteiger partial charge in [-0.15, -0.1) is 0 Å². The molecule has 4 heteroatoms. The van der Waals surface area contributed by atoms with Crippen LogP contribution in [-0.2, 0) is 0 Å². The van der Waals surface area contributed by atoms with Gasteiger partial charge in [-0.1, -0.05) is 0 Å². The first-order chi connectivity index (χ1) is 7.06. The highest BCUT2D eigenvalue weighted by Gasteiger charge is 2.13. The van der Waals surface area contributed by atoms with E-state index in [-0.39, 0.29) is 18.2 Å². The van der Waals surface area contributed by atoms with Gasteiger partial charge in [-0.25, -0.2) is 0 Å². The summed E-state index contributed by atoms with van der Waals surface area (Å²) in [4.78, 5) is 13.1. The quantitative estimate of drug-likeness (QED) is 0.738. The van der Waals surface area contributed by atoms with Crippen LogP contribution in [-0.4, -0.2) is 29.5 Å². The molecule has 0 fully saturated rings. The Balaban J connectivity index is 2.97. The summed E-state index contributed by atoms with van der Waals surface area (Å²) in [5, 5.41) is 17.6. The van der Waals surface area contributed by atoms with Crippen molar-refractivity contribution in [2.24, 2.45) is 0 Å². The Kier molecular flexibility index (Phi) is 3.29. The molecule has 0 atom stereocenters. The standard InChI is InChI=1S/C11H12N2O2/c1-8-7-9(14)3-4-10(8)11(15)13(2)6-5-12/h3-4,7,14H,6H2,1-2H3. The normalized spacial score (nSPS) is 9.40. The van der Waals surface area contributed by atoms with E-state index in [1.54, 1.807) is 20.0 Å². The van der Waals surface area contributed by atoms with Crippen LogP contribution < -0.4 is 0 Å². The maximum absolute atomic E-state index is 11.8. The lowest BCUT2D eigenvalue weighted by atomic mass is 10.1. The van der Waals surface area contributed by atoms with E-state index in [0.29, 0.717) is 11.1 Å². The first-order valence-corrected chi connectivity index (χ1v) is 4.48. The third kappa shape index (κ3) is 2.47. The van der Waals surface area contributed by atoms with Gasteiger partial charge >= 0.3 is 0 Å². The Morgan fingerprint density at radius 1 is 1.60 bits per heavy atom. The summed E-state index contributed by atoms with van der Waals surface area (Å²) in [6.07, 6.45) is 0. The van der Waals surface area contributed by atoms with Gasteiger partial charge in [0.25, 0.3) is 5.91 Å². The van der Waals surface area contributed by atoms with E-state index in [9.17, 15) is 9.90 Å². The molecule has 0 unspecified atom stereocenters. The summed E-state index contributed by atoms with van der Waals surface area (Å²) < 4.78 is 0. The second kappa shape index (κ2) is 4.47. The van der Waals surface area contributed by atoms with Crippen LogP contribution in [0.25, 0.3) is 0 Å². The number of aromatic hydroxyl groups is 1. The number of amides is 1. The van der Waals surface area contributed by atoms with Crippen molar-refractivity contribution < 1.29 is 9.90 Å². The van der Waals surface area contributed by atoms with Gasteiger partial charge in [-0.2, -0.15) is 5.26 Å². The molecule has 1 N–H and O–H groups in total. The number of hydrogen-bond acceptors (Lipinski definition) is 3. The van der Waals surface area contributed by atoms with Crippen LogP contribution in [0.2, 0.25) is 0 Å². The molecule has 0 aliphatic carbocycles. The van der Waals surface area contributed by atoms with Gasteiger partial charge < -0.3 is 10.0 Å². The first kappa shape index (κ1) is 11.1. The van der Waals surface area contributed by atoms with Crippen molar-refractivity contribution in [3.63, 3.8) is 0 Å². The number of phenolic OH excluding ortho intramolecular Hbond substituents is 1. The zero-order valence-electron chi connectivity index (χ0n) is 8.69.